The third-order valence-electron chi connectivity index (χ3n) is 1.68. The minimum atomic E-state index is -0.508. The zero-order valence-corrected chi connectivity index (χ0v) is 9.77. The molecule has 0 radical (unpaired) electrons. The van der Waals surface area contributed by atoms with Crippen molar-refractivity contribution in [1.29, 1.82) is 0 Å². The second-order valence-electron chi connectivity index (χ2n) is 4.12. The van der Waals surface area contributed by atoms with E-state index in [1.165, 1.54) is 0 Å². The van der Waals surface area contributed by atoms with E-state index in [4.69, 9.17) is 14.9 Å². The summed E-state index contributed by atoms with van der Waals surface area (Å²) in [5, 5.41) is 16.9. The molecule has 6 nitrogen and oxygen atoms in total. The summed E-state index contributed by atoms with van der Waals surface area (Å²) in [7, 11) is 0. The first-order chi connectivity index (χ1) is 7.52. The first-order valence-corrected chi connectivity index (χ1v) is 5.13. The van der Waals surface area contributed by atoms with Crippen molar-refractivity contribution in [2.75, 3.05) is 33.0 Å². The van der Waals surface area contributed by atoms with Crippen LogP contribution in [0.15, 0.2) is 0 Å². The molecule has 0 aromatic rings. The Morgan fingerprint density at radius 1 is 1.19 bits per heavy atom. The van der Waals surface area contributed by atoms with Crippen molar-refractivity contribution >= 4 is 5.97 Å². The third kappa shape index (κ3) is 8.60. The second kappa shape index (κ2) is 8.46. The zero-order valence-electron chi connectivity index (χ0n) is 9.77. The van der Waals surface area contributed by atoms with Gasteiger partial charge in [0.25, 0.3) is 0 Å². The Kier molecular flexibility index (Phi) is 8.10. The van der Waals surface area contributed by atoms with Gasteiger partial charge in [-0.05, 0) is 5.41 Å². The molecule has 0 aromatic heterocycles. The molecular formula is C10H20O6. The van der Waals surface area contributed by atoms with Gasteiger partial charge < -0.3 is 14.9 Å². The average molecular weight is 236 g/mol. The number of carbonyl (C=O) groups is 1. The van der Waals surface area contributed by atoms with Gasteiger partial charge in [-0.15, -0.1) is 0 Å². The molecule has 16 heavy (non-hydrogen) atoms. The van der Waals surface area contributed by atoms with Crippen molar-refractivity contribution < 1.29 is 29.5 Å². The van der Waals surface area contributed by atoms with Crippen LogP contribution in [-0.2, 0) is 19.3 Å². The molecule has 6 heteroatoms. The Morgan fingerprint density at radius 3 is 2.38 bits per heavy atom. The van der Waals surface area contributed by atoms with E-state index in [0.717, 1.165) is 0 Å². The number of carbonyl (C=O) groups excluding carboxylic acids is 1. The largest absolute Gasteiger partial charge is 0.394 e. The standard InChI is InChI=1S/C10H20O6/c1-10(2,8-14-5-3-11)7-9(13)16-15-6-4-12/h11-12H,3-8H2,1-2H3. The van der Waals surface area contributed by atoms with Gasteiger partial charge in [0, 0.05) is 0 Å². The molecule has 0 aliphatic heterocycles. The van der Waals surface area contributed by atoms with Crippen LogP contribution >= 0.6 is 0 Å². The number of aliphatic hydroxyl groups is 2. The summed E-state index contributed by atoms with van der Waals surface area (Å²) >= 11 is 0. The average Bonchev–Trinajstić information content (AvgIpc) is 2.17. The summed E-state index contributed by atoms with van der Waals surface area (Å²) in [5.41, 5.74) is -0.380. The summed E-state index contributed by atoms with van der Waals surface area (Å²) in [6, 6.07) is 0. The smallest absolute Gasteiger partial charge is 0.342 e. The van der Waals surface area contributed by atoms with E-state index >= 15 is 0 Å². The lowest BCUT2D eigenvalue weighted by molar-refractivity contribution is -0.276. The number of ether oxygens (including phenoxy) is 1. The van der Waals surface area contributed by atoms with Crippen molar-refractivity contribution in [3.8, 4) is 0 Å². The van der Waals surface area contributed by atoms with E-state index in [9.17, 15) is 4.79 Å². The maximum Gasteiger partial charge on any atom is 0.342 e. The summed E-state index contributed by atoms with van der Waals surface area (Å²) in [6.45, 7) is 4.01. The SMILES string of the molecule is CC(C)(COCCO)CC(=O)OOCCO. The summed E-state index contributed by atoms with van der Waals surface area (Å²) in [4.78, 5) is 20.1. The number of hydrogen-bond donors (Lipinski definition) is 2. The summed E-state index contributed by atoms with van der Waals surface area (Å²) in [5.74, 6) is -0.508. The summed E-state index contributed by atoms with van der Waals surface area (Å²) < 4.78 is 5.14. The first-order valence-electron chi connectivity index (χ1n) is 5.13. The predicted molar refractivity (Wildman–Crippen MR) is 55.4 cm³/mol. The molecule has 0 rings (SSSR count). The number of rotatable bonds is 9. The van der Waals surface area contributed by atoms with Gasteiger partial charge in [0.15, 0.2) is 0 Å². The zero-order chi connectivity index (χ0) is 12.4. The lowest BCUT2D eigenvalue weighted by Gasteiger charge is -2.22. The van der Waals surface area contributed by atoms with Crippen LogP contribution in [0.1, 0.15) is 20.3 Å². The van der Waals surface area contributed by atoms with E-state index < -0.39 is 5.97 Å². The topological polar surface area (TPSA) is 85.2 Å². The highest BCUT2D eigenvalue weighted by Gasteiger charge is 2.24. The van der Waals surface area contributed by atoms with Crippen LogP contribution in [0.2, 0.25) is 0 Å². The molecule has 0 fully saturated rings. The van der Waals surface area contributed by atoms with Crippen LogP contribution in [-0.4, -0.2) is 49.2 Å². The van der Waals surface area contributed by atoms with Crippen LogP contribution in [0.25, 0.3) is 0 Å². The molecule has 0 aliphatic carbocycles. The number of aliphatic hydroxyl groups excluding tert-OH is 2. The van der Waals surface area contributed by atoms with Crippen LogP contribution in [0.5, 0.6) is 0 Å². The van der Waals surface area contributed by atoms with Crippen LogP contribution in [0.4, 0.5) is 0 Å². The maximum absolute atomic E-state index is 11.2. The molecule has 0 amide bonds. The highest BCUT2D eigenvalue weighted by atomic mass is 17.2. The highest BCUT2D eigenvalue weighted by Crippen LogP contribution is 2.21. The fourth-order valence-corrected chi connectivity index (χ4v) is 1.03. The Bertz CT molecular complexity index is 192. The van der Waals surface area contributed by atoms with Crippen molar-refractivity contribution in [1.82, 2.24) is 0 Å². The molecule has 0 atom stereocenters. The van der Waals surface area contributed by atoms with Crippen LogP contribution in [0, 0.1) is 5.41 Å². The van der Waals surface area contributed by atoms with Gasteiger partial charge in [-0.25, -0.2) is 4.79 Å². The molecule has 0 bridgehead atoms. The number of hydrogen-bond acceptors (Lipinski definition) is 6. The first kappa shape index (κ1) is 15.3. The van der Waals surface area contributed by atoms with Crippen LogP contribution in [0.3, 0.4) is 0 Å². The van der Waals surface area contributed by atoms with Gasteiger partial charge in [0.05, 0.1) is 32.8 Å². The van der Waals surface area contributed by atoms with E-state index in [-0.39, 0.29) is 38.3 Å². The lowest BCUT2D eigenvalue weighted by atomic mass is 9.91. The van der Waals surface area contributed by atoms with E-state index in [1.807, 2.05) is 13.8 Å². The molecular weight excluding hydrogens is 216 g/mol. The molecule has 2 N–H and O–H groups in total. The van der Waals surface area contributed by atoms with E-state index in [0.29, 0.717) is 6.61 Å². The van der Waals surface area contributed by atoms with Gasteiger partial charge >= 0.3 is 5.97 Å². The third-order valence-corrected chi connectivity index (χ3v) is 1.68. The highest BCUT2D eigenvalue weighted by molar-refractivity contribution is 5.69. The van der Waals surface area contributed by atoms with E-state index in [2.05, 4.69) is 9.78 Å². The van der Waals surface area contributed by atoms with E-state index in [1.54, 1.807) is 0 Å². The van der Waals surface area contributed by atoms with Gasteiger partial charge in [0.2, 0.25) is 0 Å². The van der Waals surface area contributed by atoms with Crippen molar-refractivity contribution in [3.05, 3.63) is 0 Å². The Morgan fingerprint density at radius 2 is 1.81 bits per heavy atom. The van der Waals surface area contributed by atoms with Gasteiger partial charge in [-0.3, -0.25) is 4.89 Å². The second-order valence-corrected chi connectivity index (χ2v) is 4.12. The van der Waals surface area contributed by atoms with Crippen LogP contribution < -0.4 is 0 Å². The quantitative estimate of drug-likeness (QED) is 0.330. The fourth-order valence-electron chi connectivity index (χ4n) is 1.03. The molecule has 96 valence electrons. The Labute approximate surface area is 95.0 Å². The van der Waals surface area contributed by atoms with Gasteiger partial charge in [-0.1, -0.05) is 13.8 Å². The maximum atomic E-state index is 11.2. The molecule has 0 heterocycles. The normalized spacial score (nSPS) is 11.5. The lowest BCUT2D eigenvalue weighted by Crippen LogP contribution is -2.25. The molecule has 0 saturated carbocycles. The molecule has 0 saturated heterocycles. The molecule has 0 spiro atoms. The fraction of sp³-hybridized carbons (Fsp3) is 0.900. The minimum Gasteiger partial charge on any atom is -0.394 e. The van der Waals surface area contributed by atoms with Gasteiger partial charge in [0.1, 0.15) is 6.61 Å². The predicted octanol–water partition coefficient (Wildman–Crippen LogP) is -0.121. The molecule has 0 unspecified atom stereocenters. The summed E-state index contributed by atoms with van der Waals surface area (Å²) in [6.07, 6.45) is 0.143. The Hall–Kier alpha value is -0.690. The van der Waals surface area contributed by atoms with Crippen molar-refractivity contribution in [2.24, 2.45) is 5.41 Å². The monoisotopic (exact) mass is 236 g/mol. The minimum absolute atomic E-state index is 0.0345. The van der Waals surface area contributed by atoms with Crippen molar-refractivity contribution in [3.63, 3.8) is 0 Å². The van der Waals surface area contributed by atoms with Gasteiger partial charge in [-0.2, -0.15) is 4.89 Å². The van der Waals surface area contributed by atoms with Crippen molar-refractivity contribution in [2.45, 2.75) is 20.3 Å². The Balaban J connectivity index is 3.72. The molecule has 0 aromatic carbocycles. The molecule has 0 aliphatic rings.